The molecule has 1 aromatic rings. The third kappa shape index (κ3) is 2.80. The fourth-order valence-electron chi connectivity index (χ4n) is 3.37. The van der Waals surface area contributed by atoms with Gasteiger partial charge in [-0.3, -0.25) is 0 Å². The van der Waals surface area contributed by atoms with Crippen molar-refractivity contribution in [2.75, 3.05) is 13.7 Å². The summed E-state index contributed by atoms with van der Waals surface area (Å²) in [5, 5.41) is 11.5. The summed E-state index contributed by atoms with van der Waals surface area (Å²) in [6, 6.07) is 3.91. The number of fused-ring (bicyclic) bond motifs is 1. The molecule has 2 aliphatic rings. The van der Waals surface area contributed by atoms with Gasteiger partial charge in [-0.15, -0.1) is 0 Å². The fourth-order valence-corrected chi connectivity index (χ4v) is 3.64. The van der Waals surface area contributed by atoms with Crippen LogP contribution in [0.25, 0.3) is 0 Å². The molecule has 3 nitrogen and oxygen atoms in total. The molecule has 1 aliphatic heterocycles. The predicted octanol–water partition coefficient (Wildman–Crippen LogP) is 3.14. The molecule has 0 radical (unpaired) electrons. The van der Waals surface area contributed by atoms with E-state index in [1.54, 1.807) is 7.11 Å². The lowest BCUT2D eigenvalue weighted by atomic mass is 9.79. The molecule has 110 valence electrons. The zero-order valence-electron chi connectivity index (χ0n) is 11.8. The van der Waals surface area contributed by atoms with Crippen LogP contribution in [0.2, 0.25) is 5.02 Å². The predicted molar refractivity (Wildman–Crippen MR) is 78.6 cm³/mol. The van der Waals surface area contributed by atoms with E-state index in [0.717, 1.165) is 48.4 Å². The Kier molecular flexibility index (Phi) is 3.93. The normalized spacial score (nSPS) is 29.1. The van der Waals surface area contributed by atoms with Crippen molar-refractivity contribution in [2.45, 2.75) is 50.2 Å². The van der Waals surface area contributed by atoms with E-state index in [0.29, 0.717) is 13.0 Å². The van der Waals surface area contributed by atoms with Crippen LogP contribution in [0.1, 0.15) is 36.8 Å². The average molecular weight is 297 g/mol. The Morgan fingerprint density at radius 1 is 1.40 bits per heavy atom. The quantitative estimate of drug-likeness (QED) is 0.931. The number of ether oxygens (including phenoxy) is 2. The van der Waals surface area contributed by atoms with Gasteiger partial charge in [0.1, 0.15) is 5.75 Å². The van der Waals surface area contributed by atoms with Gasteiger partial charge in [-0.2, -0.15) is 0 Å². The van der Waals surface area contributed by atoms with Gasteiger partial charge in [-0.25, -0.2) is 0 Å². The van der Waals surface area contributed by atoms with E-state index < -0.39 is 5.60 Å². The molecule has 0 aromatic heterocycles. The van der Waals surface area contributed by atoms with Crippen molar-refractivity contribution in [1.82, 2.24) is 0 Å². The van der Waals surface area contributed by atoms with E-state index in [2.05, 4.69) is 0 Å². The summed E-state index contributed by atoms with van der Waals surface area (Å²) in [4.78, 5) is 0. The van der Waals surface area contributed by atoms with Crippen LogP contribution in [0.15, 0.2) is 12.1 Å². The molecule has 1 aromatic carbocycles. The lowest BCUT2D eigenvalue weighted by Gasteiger charge is -2.36. The lowest BCUT2D eigenvalue weighted by Crippen LogP contribution is -2.38. The number of hydrogen-bond acceptors (Lipinski definition) is 3. The van der Waals surface area contributed by atoms with Gasteiger partial charge in [0.15, 0.2) is 0 Å². The van der Waals surface area contributed by atoms with E-state index in [-0.39, 0.29) is 6.10 Å². The third-order valence-corrected chi connectivity index (χ3v) is 4.76. The second-order valence-electron chi connectivity index (χ2n) is 5.99. The molecule has 1 fully saturated rings. The third-order valence-electron chi connectivity index (χ3n) is 4.54. The van der Waals surface area contributed by atoms with Crippen LogP contribution in [-0.4, -0.2) is 30.5 Å². The Bertz CT molecular complexity index is 493. The Labute approximate surface area is 124 Å². The summed E-state index contributed by atoms with van der Waals surface area (Å²) in [6.45, 7) is 0.715. The molecule has 1 saturated carbocycles. The molecular weight excluding hydrogens is 276 g/mol. The van der Waals surface area contributed by atoms with Crippen LogP contribution in [0.3, 0.4) is 0 Å². The molecular formula is C16H21ClO3. The van der Waals surface area contributed by atoms with Crippen LogP contribution in [0, 0.1) is 0 Å². The molecule has 0 atom stereocenters. The first kappa shape index (κ1) is 14.2. The number of rotatable bonds is 3. The summed E-state index contributed by atoms with van der Waals surface area (Å²) in [5.74, 6) is 0.941. The maximum atomic E-state index is 10.8. The molecule has 1 aliphatic carbocycles. The standard InChI is InChI=1S/C16H21ClO3/c1-19-14-2-5-16(18,6-3-14)10-12-9-13(17)8-11-4-7-20-15(11)12/h8-9,14,18H,2-7,10H2,1H3. The largest absolute Gasteiger partial charge is 0.493 e. The van der Waals surface area contributed by atoms with Gasteiger partial charge in [0, 0.05) is 25.0 Å². The first-order valence-electron chi connectivity index (χ1n) is 7.29. The second kappa shape index (κ2) is 5.55. The summed E-state index contributed by atoms with van der Waals surface area (Å²) in [6.07, 6.45) is 5.18. The molecule has 0 spiro atoms. The molecule has 4 heteroatoms. The summed E-state index contributed by atoms with van der Waals surface area (Å²) in [5.41, 5.74) is 1.56. The molecule has 0 saturated heterocycles. The number of methoxy groups -OCH3 is 1. The van der Waals surface area contributed by atoms with Crippen LogP contribution in [-0.2, 0) is 17.6 Å². The number of aliphatic hydroxyl groups is 1. The van der Waals surface area contributed by atoms with Crippen molar-refractivity contribution in [3.63, 3.8) is 0 Å². The van der Waals surface area contributed by atoms with E-state index in [1.165, 1.54) is 5.56 Å². The van der Waals surface area contributed by atoms with Crippen molar-refractivity contribution in [1.29, 1.82) is 0 Å². The molecule has 20 heavy (non-hydrogen) atoms. The second-order valence-corrected chi connectivity index (χ2v) is 6.42. The highest BCUT2D eigenvalue weighted by atomic mass is 35.5. The van der Waals surface area contributed by atoms with Gasteiger partial charge in [-0.1, -0.05) is 11.6 Å². The van der Waals surface area contributed by atoms with Crippen LogP contribution in [0.5, 0.6) is 5.75 Å². The minimum absolute atomic E-state index is 0.289. The Morgan fingerprint density at radius 2 is 2.15 bits per heavy atom. The van der Waals surface area contributed by atoms with Crippen LogP contribution in [0.4, 0.5) is 0 Å². The summed E-state index contributed by atoms with van der Waals surface area (Å²) >= 11 is 6.18. The van der Waals surface area contributed by atoms with Crippen molar-refractivity contribution >= 4 is 11.6 Å². The monoisotopic (exact) mass is 296 g/mol. The summed E-state index contributed by atoms with van der Waals surface area (Å²) in [7, 11) is 1.74. The van der Waals surface area contributed by atoms with Crippen molar-refractivity contribution in [2.24, 2.45) is 0 Å². The Balaban J connectivity index is 1.78. The van der Waals surface area contributed by atoms with E-state index in [1.807, 2.05) is 12.1 Å². The van der Waals surface area contributed by atoms with E-state index >= 15 is 0 Å². The average Bonchev–Trinajstić information content (AvgIpc) is 2.87. The minimum atomic E-state index is -0.653. The number of halogens is 1. The van der Waals surface area contributed by atoms with Gasteiger partial charge < -0.3 is 14.6 Å². The molecule has 0 bridgehead atoms. The molecule has 0 amide bonds. The molecule has 1 heterocycles. The molecule has 0 unspecified atom stereocenters. The summed E-state index contributed by atoms with van der Waals surface area (Å²) < 4.78 is 11.1. The van der Waals surface area contributed by atoms with Crippen molar-refractivity contribution in [3.8, 4) is 5.75 Å². The molecule has 3 rings (SSSR count). The van der Waals surface area contributed by atoms with Gasteiger partial charge in [0.05, 0.1) is 18.3 Å². The van der Waals surface area contributed by atoms with Gasteiger partial charge in [-0.05, 0) is 48.9 Å². The van der Waals surface area contributed by atoms with Crippen LogP contribution < -0.4 is 4.74 Å². The van der Waals surface area contributed by atoms with Gasteiger partial charge in [0.2, 0.25) is 0 Å². The van der Waals surface area contributed by atoms with E-state index in [9.17, 15) is 5.11 Å². The zero-order valence-corrected chi connectivity index (χ0v) is 12.6. The van der Waals surface area contributed by atoms with Gasteiger partial charge in [0.25, 0.3) is 0 Å². The fraction of sp³-hybridized carbons (Fsp3) is 0.625. The number of hydrogen-bond donors (Lipinski definition) is 1. The SMILES string of the molecule is COC1CCC(O)(Cc2cc(Cl)cc3c2OCC3)CC1. The highest BCUT2D eigenvalue weighted by Gasteiger charge is 2.35. The minimum Gasteiger partial charge on any atom is -0.493 e. The number of benzene rings is 1. The highest BCUT2D eigenvalue weighted by Crippen LogP contribution is 2.38. The van der Waals surface area contributed by atoms with Gasteiger partial charge >= 0.3 is 0 Å². The maximum absolute atomic E-state index is 10.8. The van der Waals surface area contributed by atoms with Crippen LogP contribution >= 0.6 is 11.6 Å². The Hall–Kier alpha value is -0.770. The zero-order chi connectivity index (χ0) is 14.2. The van der Waals surface area contributed by atoms with Crippen molar-refractivity contribution < 1.29 is 14.6 Å². The first-order valence-corrected chi connectivity index (χ1v) is 7.67. The Morgan fingerprint density at radius 3 is 2.85 bits per heavy atom. The first-order chi connectivity index (χ1) is 9.59. The maximum Gasteiger partial charge on any atom is 0.126 e. The van der Waals surface area contributed by atoms with E-state index in [4.69, 9.17) is 21.1 Å². The topological polar surface area (TPSA) is 38.7 Å². The molecule has 1 N–H and O–H groups in total. The smallest absolute Gasteiger partial charge is 0.126 e. The highest BCUT2D eigenvalue weighted by molar-refractivity contribution is 6.30. The van der Waals surface area contributed by atoms with Crippen molar-refractivity contribution in [3.05, 3.63) is 28.3 Å². The lowest BCUT2D eigenvalue weighted by molar-refractivity contribution is -0.0429.